The van der Waals surface area contributed by atoms with E-state index >= 15 is 0 Å². The van der Waals surface area contributed by atoms with E-state index in [0.29, 0.717) is 24.4 Å². The van der Waals surface area contributed by atoms with E-state index in [4.69, 9.17) is 23.7 Å². The summed E-state index contributed by atoms with van der Waals surface area (Å²) < 4.78 is 28.1. The SMILES string of the molecule is CC.CC1O[C@@H](OC2CCC3(C)C(CCC4C3CC(OC=O)C3(C)C(C5=CC(=O)OC5)CCC43O)C2)C=C[C@H]1O.COCc1ccccc1[N+](=O)[O-]. The monoisotopic (exact) mass is 727 g/mol. The number of benzene rings is 1. The first-order valence-electron chi connectivity index (χ1n) is 18.9. The minimum absolute atomic E-state index is 0.0148. The van der Waals surface area contributed by atoms with Crippen LogP contribution in [0.2, 0.25) is 0 Å². The van der Waals surface area contributed by atoms with Crippen molar-refractivity contribution in [1.29, 1.82) is 0 Å². The van der Waals surface area contributed by atoms with E-state index in [2.05, 4.69) is 13.8 Å². The van der Waals surface area contributed by atoms with Gasteiger partial charge in [-0.15, -0.1) is 0 Å². The van der Waals surface area contributed by atoms with Crippen molar-refractivity contribution in [2.75, 3.05) is 13.7 Å². The topological polar surface area (TPSA) is 164 Å². The second-order valence-corrected chi connectivity index (χ2v) is 15.5. The first-order chi connectivity index (χ1) is 24.8. The molecule has 7 rings (SSSR count). The number of nitro groups is 1. The largest absolute Gasteiger partial charge is 0.464 e. The second kappa shape index (κ2) is 16.5. The average molecular weight is 728 g/mol. The quantitative estimate of drug-likeness (QED) is 0.103. The molecule has 1 aromatic rings. The molecule has 2 N–H and O–H groups in total. The van der Waals surface area contributed by atoms with Gasteiger partial charge in [0.1, 0.15) is 12.7 Å². The normalized spacial score (nSPS) is 40.3. The Morgan fingerprint density at radius 3 is 2.46 bits per heavy atom. The third-order valence-corrected chi connectivity index (χ3v) is 13.3. The maximum atomic E-state index is 12.6. The van der Waals surface area contributed by atoms with Crippen LogP contribution in [0.4, 0.5) is 5.69 Å². The lowest BCUT2D eigenvalue weighted by atomic mass is 9.42. The highest BCUT2D eigenvalue weighted by molar-refractivity contribution is 5.85. The number of nitro benzene ring substituents is 1. The zero-order valence-corrected chi connectivity index (χ0v) is 31.4. The zero-order valence-electron chi connectivity index (χ0n) is 31.4. The summed E-state index contributed by atoms with van der Waals surface area (Å²) in [5.74, 6) is 0.425. The van der Waals surface area contributed by atoms with Gasteiger partial charge in [-0.2, -0.15) is 0 Å². The van der Waals surface area contributed by atoms with E-state index in [1.54, 1.807) is 30.4 Å². The van der Waals surface area contributed by atoms with Crippen LogP contribution in [0.1, 0.15) is 91.5 Å². The smallest absolute Gasteiger partial charge is 0.331 e. The number of aliphatic hydroxyl groups excluding tert-OH is 1. The number of esters is 1. The van der Waals surface area contributed by atoms with Crippen LogP contribution in [0.5, 0.6) is 0 Å². The van der Waals surface area contributed by atoms with Gasteiger partial charge in [-0.05, 0) is 105 Å². The lowest BCUT2D eigenvalue weighted by Crippen LogP contribution is -2.67. The van der Waals surface area contributed by atoms with E-state index in [0.717, 1.165) is 50.5 Å². The van der Waals surface area contributed by atoms with Gasteiger partial charge >= 0.3 is 5.97 Å². The molecule has 288 valence electrons. The van der Waals surface area contributed by atoms with Gasteiger partial charge in [0.2, 0.25) is 0 Å². The van der Waals surface area contributed by atoms with Gasteiger partial charge in [0.25, 0.3) is 12.2 Å². The number of rotatable bonds is 8. The Bertz CT molecular complexity index is 1500. The summed E-state index contributed by atoms with van der Waals surface area (Å²) in [4.78, 5) is 33.7. The number of carbonyl (C=O) groups is 2. The fraction of sp³-hybridized carbons (Fsp3) is 0.700. The molecule has 1 aromatic carbocycles. The standard InChI is InChI=1S/C30H42O8.C8H9NO3.C2H6/c1-17-24(32)6-7-27(37-17)38-20-8-10-28(2)19(13-20)4-5-22-23(28)14-25(36-16-31)29(3)21(9-11-30(22,29)34)18-12-26(33)35-15-18;1-12-6-7-4-2-3-5-8(7)9(10)11;1-2/h6-7,12,16-17,19-25,27,32,34H,4-5,8-11,13-15H2,1-3H3;2-5H,6H2,1H3;1-2H3/t17?,19?,20?,21?,22?,23?,24-,25?,27+,28?,29?,30?;;/m1../s1. The van der Waals surface area contributed by atoms with Gasteiger partial charge in [-0.25, -0.2) is 4.79 Å². The summed E-state index contributed by atoms with van der Waals surface area (Å²) >= 11 is 0. The van der Waals surface area contributed by atoms with E-state index in [1.807, 2.05) is 26.8 Å². The lowest BCUT2D eigenvalue weighted by Gasteiger charge is -2.65. The van der Waals surface area contributed by atoms with Crippen LogP contribution in [0.15, 0.2) is 48.1 Å². The molecule has 0 bridgehead atoms. The molecule has 6 aliphatic rings. The number of hydrogen-bond donors (Lipinski definition) is 2. The number of nitrogens with zero attached hydrogens (tertiary/aromatic N) is 1. The number of cyclic esters (lactones) is 1. The van der Waals surface area contributed by atoms with Crippen molar-refractivity contribution in [1.82, 2.24) is 0 Å². The van der Waals surface area contributed by atoms with E-state index in [9.17, 15) is 29.9 Å². The van der Waals surface area contributed by atoms with Crippen molar-refractivity contribution >= 4 is 18.1 Å². The molecule has 2 heterocycles. The average Bonchev–Trinajstić information content (AvgIpc) is 3.68. The molecule has 0 spiro atoms. The molecule has 12 atom stereocenters. The van der Waals surface area contributed by atoms with Crippen molar-refractivity contribution < 1.29 is 48.4 Å². The highest BCUT2D eigenvalue weighted by Crippen LogP contribution is 2.70. The third-order valence-electron chi connectivity index (χ3n) is 13.3. The molecule has 0 radical (unpaired) electrons. The Labute approximate surface area is 307 Å². The Morgan fingerprint density at radius 2 is 1.81 bits per heavy atom. The first-order valence-corrected chi connectivity index (χ1v) is 18.9. The van der Waals surface area contributed by atoms with Gasteiger partial charge in [-0.1, -0.05) is 45.9 Å². The van der Waals surface area contributed by atoms with Crippen molar-refractivity contribution in [3.63, 3.8) is 0 Å². The van der Waals surface area contributed by atoms with Crippen LogP contribution in [-0.4, -0.2) is 77.6 Å². The summed E-state index contributed by atoms with van der Waals surface area (Å²) in [7, 11) is 1.51. The summed E-state index contributed by atoms with van der Waals surface area (Å²) in [5.41, 5.74) is 0.0133. The Kier molecular flexibility index (Phi) is 12.7. The molecule has 4 saturated carbocycles. The Hall–Kier alpha value is -3.16. The summed E-state index contributed by atoms with van der Waals surface area (Å²) in [5, 5.41) is 32.9. The molecule has 4 fully saturated rings. The molecule has 2 aliphatic heterocycles. The van der Waals surface area contributed by atoms with Crippen molar-refractivity contribution in [2.24, 2.45) is 34.5 Å². The first kappa shape index (κ1) is 40.0. The fourth-order valence-electron chi connectivity index (χ4n) is 10.6. The van der Waals surface area contributed by atoms with Gasteiger partial charge < -0.3 is 33.9 Å². The summed E-state index contributed by atoms with van der Waals surface area (Å²) in [6.07, 6.45) is 10.4. The number of hydrogen-bond acceptors (Lipinski definition) is 11. The minimum Gasteiger partial charge on any atom is -0.464 e. The number of fused-ring (bicyclic) bond motifs is 5. The number of ether oxygens (including phenoxy) is 5. The maximum absolute atomic E-state index is 12.6. The molecule has 10 unspecified atom stereocenters. The van der Waals surface area contributed by atoms with E-state index < -0.39 is 34.4 Å². The molecular formula is C40H57NO11. The number of aliphatic hydroxyl groups is 2. The van der Waals surface area contributed by atoms with Crippen LogP contribution < -0.4 is 0 Å². The molecule has 12 heteroatoms. The van der Waals surface area contributed by atoms with Crippen molar-refractivity contribution in [2.45, 2.75) is 129 Å². The summed E-state index contributed by atoms with van der Waals surface area (Å²) in [6.45, 7) is 11.4. The van der Waals surface area contributed by atoms with Crippen LogP contribution in [0.3, 0.4) is 0 Å². The second-order valence-electron chi connectivity index (χ2n) is 15.5. The maximum Gasteiger partial charge on any atom is 0.331 e. The van der Waals surface area contributed by atoms with Crippen molar-refractivity contribution in [3.8, 4) is 0 Å². The Morgan fingerprint density at radius 1 is 1.06 bits per heavy atom. The number of methoxy groups -OCH3 is 1. The van der Waals surface area contributed by atoms with Crippen molar-refractivity contribution in [3.05, 3.63) is 63.7 Å². The molecule has 0 amide bonds. The molecule has 52 heavy (non-hydrogen) atoms. The highest BCUT2D eigenvalue weighted by Gasteiger charge is 2.71. The van der Waals surface area contributed by atoms with Gasteiger partial charge in [0, 0.05) is 24.7 Å². The van der Waals surface area contributed by atoms with Crippen LogP contribution >= 0.6 is 0 Å². The predicted molar refractivity (Wildman–Crippen MR) is 192 cm³/mol. The highest BCUT2D eigenvalue weighted by atomic mass is 16.7. The Balaban J connectivity index is 0.000000317. The third kappa shape index (κ3) is 7.33. The van der Waals surface area contributed by atoms with E-state index in [1.165, 1.54) is 13.2 Å². The fourth-order valence-corrected chi connectivity index (χ4v) is 10.6. The predicted octanol–water partition coefficient (Wildman–Crippen LogP) is 6.21. The van der Waals surface area contributed by atoms with Crippen LogP contribution in [0.25, 0.3) is 0 Å². The van der Waals surface area contributed by atoms with Crippen LogP contribution in [0, 0.1) is 44.6 Å². The zero-order chi connectivity index (χ0) is 37.8. The lowest BCUT2D eigenvalue weighted by molar-refractivity contribution is -0.385. The van der Waals surface area contributed by atoms with Gasteiger partial charge in [-0.3, -0.25) is 14.9 Å². The molecular weight excluding hydrogens is 670 g/mol. The number of para-hydroxylation sites is 1. The molecule has 0 aromatic heterocycles. The van der Waals surface area contributed by atoms with Crippen LogP contribution in [-0.2, 0) is 39.9 Å². The van der Waals surface area contributed by atoms with E-state index in [-0.39, 0.29) is 60.2 Å². The molecule has 12 nitrogen and oxygen atoms in total. The number of carbonyl (C=O) groups excluding carboxylic acids is 2. The minimum atomic E-state index is -0.972. The summed E-state index contributed by atoms with van der Waals surface area (Å²) in [6, 6.07) is 6.54. The van der Waals surface area contributed by atoms with Gasteiger partial charge in [0.15, 0.2) is 6.29 Å². The molecule has 4 aliphatic carbocycles. The van der Waals surface area contributed by atoms with Gasteiger partial charge in [0.05, 0.1) is 41.0 Å². The molecule has 0 saturated heterocycles.